The Morgan fingerprint density at radius 2 is 1.95 bits per heavy atom. The molecule has 2 aromatic carbocycles. The molecule has 7 nitrogen and oxygen atoms in total. The Morgan fingerprint density at radius 3 is 2.59 bits per heavy atom. The van der Waals surface area contributed by atoms with Crippen molar-refractivity contribution in [2.45, 2.75) is 59.5 Å². The molecule has 0 saturated carbocycles. The van der Waals surface area contributed by atoms with Crippen molar-refractivity contribution in [2.24, 2.45) is 5.41 Å². The summed E-state index contributed by atoms with van der Waals surface area (Å²) in [5, 5.41) is 3.96. The molecule has 1 aliphatic heterocycles. The molecule has 0 aliphatic carbocycles. The number of nitrogens with one attached hydrogen (secondary N) is 2. The van der Waals surface area contributed by atoms with E-state index in [2.05, 4.69) is 54.4 Å². The first-order chi connectivity index (χ1) is 17.6. The highest BCUT2D eigenvalue weighted by Crippen LogP contribution is 2.33. The lowest BCUT2D eigenvalue weighted by molar-refractivity contribution is 0.113. The van der Waals surface area contributed by atoms with Crippen LogP contribution in [0.1, 0.15) is 58.9 Å². The maximum Gasteiger partial charge on any atom is 0.422 e. The molecule has 3 aromatic rings. The second kappa shape index (κ2) is 11.1. The fraction of sp³-hybridized carbons (Fsp3) is 0.400. The Bertz CT molecular complexity index is 1260. The van der Waals surface area contributed by atoms with Crippen molar-refractivity contribution in [3.8, 4) is 0 Å². The molecule has 2 heterocycles. The summed E-state index contributed by atoms with van der Waals surface area (Å²) in [6, 6.07) is 14.0. The third kappa shape index (κ3) is 6.53. The molecule has 4 rings (SSSR count). The number of rotatable bonds is 6. The van der Waals surface area contributed by atoms with Crippen LogP contribution in [0.4, 0.5) is 21.0 Å². The van der Waals surface area contributed by atoms with Crippen LogP contribution in [0.3, 0.4) is 0 Å². The zero-order valence-electron chi connectivity index (χ0n) is 22.5. The van der Waals surface area contributed by atoms with Crippen LogP contribution in [0.5, 0.6) is 0 Å². The van der Waals surface area contributed by atoms with Gasteiger partial charge in [-0.1, -0.05) is 52.0 Å². The first-order valence-corrected chi connectivity index (χ1v) is 13.0. The minimum Gasteiger partial charge on any atom is -0.446 e. The molecule has 0 saturated heterocycles. The number of hydrogen-bond acceptors (Lipinski definition) is 4. The van der Waals surface area contributed by atoms with Crippen molar-refractivity contribution in [2.75, 3.05) is 23.3 Å². The second-order valence-corrected chi connectivity index (χ2v) is 11.0. The van der Waals surface area contributed by atoms with Crippen molar-refractivity contribution in [1.29, 1.82) is 0 Å². The third-order valence-electron chi connectivity index (χ3n) is 6.58. The van der Waals surface area contributed by atoms with Crippen molar-refractivity contribution in [1.82, 2.24) is 9.88 Å². The smallest absolute Gasteiger partial charge is 0.422 e. The molecule has 3 amide bonds. The van der Waals surface area contributed by atoms with E-state index in [9.17, 15) is 9.59 Å². The van der Waals surface area contributed by atoms with Gasteiger partial charge in [0.2, 0.25) is 0 Å². The average Bonchev–Trinajstić information content (AvgIpc) is 3.27. The Labute approximate surface area is 219 Å². The molecule has 37 heavy (non-hydrogen) atoms. The zero-order valence-corrected chi connectivity index (χ0v) is 22.5. The molecule has 0 fully saturated rings. The fourth-order valence-corrected chi connectivity index (χ4v) is 4.60. The van der Waals surface area contributed by atoms with Crippen LogP contribution in [-0.2, 0) is 4.74 Å². The minimum atomic E-state index is -0.700. The number of imide groups is 1. The van der Waals surface area contributed by atoms with Crippen molar-refractivity contribution < 1.29 is 14.3 Å². The Morgan fingerprint density at radius 1 is 1.19 bits per heavy atom. The number of hydrogen-bond donors (Lipinski definition) is 2. The SMILES string of the molecule is CCC(C)OC(=O)N(C(=O)Nc1ccc2[nH]cc(C3C=CN(CC(C)(C)C)CC3)c2c1)c1ccccc1. The standard InChI is InChI=1S/C30H38N4O3/c1-6-21(2)37-29(36)34(24-10-8-7-9-11-24)28(35)32-23-12-13-27-25(18-23)26(19-31-27)22-14-16-33(17-15-22)20-30(3,4)5/h7-14,16,18-19,21-22,31H,6,15,17,20H2,1-5H3,(H,32,35). The zero-order chi connectivity index (χ0) is 26.6. The lowest BCUT2D eigenvalue weighted by Crippen LogP contribution is -2.41. The number of carbonyl (C=O) groups is 2. The van der Waals surface area contributed by atoms with E-state index in [0.29, 0.717) is 23.7 Å². The number of para-hydroxylation sites is 1. The van der Waals surface area contributed by atoms with Crippen molar-refractivity contribution >= 4 is 34.4 Å². The van der Waals surface area contributed by atoms with Gasteiger partial charge in [0, 0.05) is 41.8 Å². The second-order valence-electron chi connectivity index (χ2n) is 11.0. The van der Waals surface area contributed by atoms with Crippen LogP contribution >= 0.6 is 0 Å². The van der Waals surface area contributed by atoms with Gasteiger partial charge in [-0.3, -0.25) is 0 Å². The molecule has 1 aromatic heterocycles. The van der Waals surface area contributed by atoms with Crippen LogP contribution in [-0.4, -0.2) is 41.2 Å². The number of fused-ring (bicyclic) bond motifs is 1. The molecule has 0 bridgehead atoms. The van der Waals surface area contributed by atoms with E-state index in [0.717, 1.165) is 35.3 Å². The number of H-pyrrole nitrogens is 1. The Kier molecular flexibility index (Phi) is 7.91. The van der Waals surface area contributed by atoms with E-state index in [1.54, 1.807) is 24.3 Å². The first-order valence-electron chi connectivity index (χ1n) is 13.0. The summed E-state index contributed by atoms with van der Waals surface area (Å²) in [4.78, 5) is 33.0. The van der Waals surface area contributed by atoms with E-state index in [-0.39, 0.29) is 11.5 Å². The Balaban J connectivity index is 1.55. The highest BCUT2D eigenvalue weighted by molar-refractivity contribution is 6.16. The lowest BCUT2D eigenvalue weighted by atomic mass is 9.91. The lowest BCUT2D eigenvalue weighted by Gasteiger charge is -2.33. The van der Waals surface area contributed by atoms with Gasteiger partial charge in [-0.15, -0.1) is 0 Å². The van der Waals surface area contributed by atoms with Crippen LogP contribution in [0.2, 0.25) is 0 Å². The number of aromatic nitrogens is 1. The van der Waals surface area contributed by atoms with E-state index in [1.165, 1.54) is 5.56 Å². The van der Waals surface area contributed by atoms with Gasteiger partial charge in [0.05, 0.1) is 5.69 Å². The topological polar surface area (TPSA) is 77.7 Å². The normalized spacial score (nSPS) is 16.5. The maximum atomic E-state index is 13.3. The van der Waals surface area contributed by atoms with Gasteiger partial charge in [-0.05, 0) is 67.3 Å². The quantitative estimate of drug-likeness (QED) is 0.366. The molecule has 2 N–H and O–H groups in total. The van der Waals surface area contributed by atoms with Crippen LogP contribution in [0, 0.1) is 5.41 Å². The number of aromatic amines is 1. The molecular formula is C30H38N4O3. The highest BCUT2D eigenvalue weighted by Gasteiger charge is 2.27. The molecule has 1 aliphatic rings. The summed E-state index contributed by atoms with van der Waals surface area (Å²) < 4.78 is 5.48. The molecule has 7 heteroatoms. The summed E-state index contributed by atoms with van der Waals surface area (Å²) in [5.74, 6) is 0.294. The van der Waals surface area contributed by atoms with Crippen molar-refractivity contribution in [3.63, 3.8) is 0 Å². The number of benzene rings is 2. The van der Waals surface area contributed by atoms with Gasteiger partial charge >= 0.3 is 12.1 Å². The van der Waals surface area contributed by atoms with Gasteiger partial charge in [-0.2, -0.15) is 4.90 Å². The Hall–Kier alpha value is -3.74. The number of ether oxygens (including phenoxy) is 1. The third-order valence-corrected chi connectivity index (χ3v) is 6.58. The predicted octanol–water partition coefficient (Wildman–Crippen LogP) is 7.49. The molecule has 2 unspecified atom stereocenters. The molecule has 196 valence electrons. The van der Waals surface area contributed by atoms with Gasteiger partial charge < -0.3 is 19.9 Å². The van der Waals surface area contributed by atoms with E-state index in [4.69, 9.17) is 4.74 Å². The van der Waals surface area contributed by atoms with Crippen LogP contribution in [0.25, 0.3) is 10.9 Å². The van der Waals surface area contributed by atoms with Gasteiger partial charge in [-0.25, -0.2) is 9.59 Å². The monoisotopic (exact) mass is 502 g/mol. The summed E-state index contributed by atoms with van der Waals surface area (Å²) in [5.41, 5.74) is 3.52. The molecule has 0 radical (unpaired) electrons. The van der Waals surface area contributed by atoms with E-state index >= 15 is 0 Å². The van der Waals surface area contributed by atoms with Gasteiger partial charge in [0.15, 0.2) is 0 Å². The molecule has 2 atom stereocenters. The summed E-state index contributed by atoms with van der Waals surface area (Å²) in [7, 11) is 0. The number of carbonyl (C=O) groups excluding carboxylic acids is 2. The molecule has 0 spiro atoms. The summed E-state index contributed by atoms with van der Waals surface area (Å²) >= 11 is 0. The van der Waals surface area contributed by atoms with Crippen molar-refractivity contribution in [3.05, 3.63) is 72.6 Å². The number of nitrogens with zero attached hydrogens (tertiary/aromatic N) is 2. The first kappa shape index (κ1) is 26.3. The molecular weight excluding hydrogens is 464 g/mol. The number of allylic oxidation sites excluding steroid dienone is 1. The van der Waals surface area contributed by atoms with Gasteiger partial charge in [0.25, 0.3) is 0 Å². The average molecular weight is 503 g/mol. The summed E-state index contributed by atoms with van der Waals surface area (Å²) in [6.45, 7) is 12.5. The maximum absolute atomic E-state index is 13.3. The minimum absolute atomic E-state index is 0.250. The van der Waals surface area contributed by atoms with Crippen LogP contribution in [0.15, 0.2) is 67.0 Å². The predicted molar refractivity (Wildman–Crippen MR) is 150 cm³/mol. The van der Waals surface area contributed by atoms with Gasteiger partial charge in [0.1, 0.15) is 6.10 Å². The number of anilines is 2. The number of amides is 3. The van der Waals surface area contributed by atoms with Crippen LogP contribution < -0.4 is 10.2 Å². The highest BCUT2D eigenvalue weighted by atomic mass is 16.6. The fourth-order valence-electron chi connectivity index (χ4n) is 4.60. The number of urea groups is 1. The summed E-state index contributed by atoms with van der Waals surface area (Å²) in [6.07, 6.45) is 7.23. The van der Waals surface area contributed by atoms with E-state index < -0.39 is 12.1 Å². The van der Waals surface area contributed by atoms with E-state index in [1.807, 2.05) is 38.1 Å². The largest absolute Gasteiger partial charge is 0.446 e.